The molecule has 0 spiro atoms. The number of aromatic nitrogens is 4. The Morgan fingerprint density at radius 1 is 1.53 bits per heavy atom. The first-order valence-electron chi connectivity index (χ1n) is 5.10. The Hall–Kier alpha value is -1.66. The lowest BCUT2D eigenvalue weighted by atomic mass is 10.4. The summed E-state index contributed by atoms with van der Waals surface area (Å²) in [6, 6.07) is 1.75. The van der Waals surface area contributed by atoms with Crippen molar-refractivity contribution in [1.82, 2.24) is 19.7 Å². The van der Waals surface area contributed by atoms with Crippen LogP contribution in [0, 0.1) is 0 Å². The Kier molecular flexibility index (Phi) is 3.55. The molecular weight excluding hydrogens is 242 g/mol. The highest BCUT2D eigenvalue weighted by Crippen LogP contribution is 2.19. The minimum Gasteiger partial charge on any atom is -0.392 e. The molecule has 0 unspecified atom stereocenters. The molecule has 2 rings (SSSR count). The van der Waals surface area contributed by atoms with E-state index in [0.29, 0.717) is 23.2 Å². The summed E-state index contributed by atoms with van der Waals surface area (Å²) >= 11 is 5.95. The van der Waals surface area contributed by atoms with Crippen molar-refractivity contribution in [2.45, 2.75) is 13.0 Å². The minimum absolute atomic E-state index is 0.297. The van der Waals surface area contributed by atoms with Crippen LogP contribution in [0.15, 0.2) is 24.8 Å². The molecule has 0 saturated heterocycles. The molecule has 0 amide bonds. The summed E-state index contributed by atoms with van der Waals surface area (Å²) < 4.78 is 1.74. The zero-order valence-corrected chi connectivity index (χ0v) is 9.96. The van der Waals surface area contributed by atoms with E-state index in [1.807, 2.05) is 0 Å². The standard InChI is InChI=1S/C10H12ClN5O/c1-7(17)5-13-9-4-8(10(11)15-14-9)16-3-2-12-6-16/h2-4,6-7,17H,5H2,1H3,(H,13,14)/t7-/m1/s1. The van der Waals surface area contributed by atoms with Gasteiger partial charge in [-0.05, 0) is 6.92 Å². The van der Waals surface area contributed by atoms with E-state index < -0.39 is 6.10 Å². The fraction of sp³-hybridized carbons (Fsp3) is 0.300. The fourth-order valence-electron chi connectivity index (χ4n) is 1.29. The predicted octanol–water partition coefficient (Wildman–Crippen LogP) is 1.11. The van der Waals surface area contributed by atoms with Crippen molar-refractivity contribution >= 4 is 17.4 Å². The summed E-state index contributed by atoms with van der Waals surface area (Å²) in [5.41, 5.74) is 0.687. The predicted molar refractivity (Wildman–Crippen MR) is 64.3 cm³/mol. The van der Waals surface area contributed by atoms with Crippen molar-refractivity contribution < 1.29 is 5.11 Å². The fourth-order valence-corrected chi connectivity index (χ4v) is 1.48. The lowest BCUT2D eigenvalue weighted by Crippen LogP contribution is -2.16. The smallest absolute Gasteiger partial charge is 0.175 e. The van der Waals surface area contributed by atoms with Crippen LogP contribution in [0.1, 0.15) is 6.92 Å². The SMILES string of the molecule is C[C@@H](O)CNc1cc(-n2ccnc2)c(Cl)nn1. The van der Waals surface area contributed by atoms with Gasteiger partial charge in [0.25, 0.3) is 0 Å². The number of nitrogens with one attached hydrogen (secondary N) is 1. The van der Waals surface area contributed by atoms with Crippen molar-refractivity contribution in [2.24, 2.45) is 0 Å². The highest BCUT2D eigenvalue weighted by molar-refractivity contribution is 6.31. The van der Waals surface area contributed by atoms with Crippen molar-refractivity contribution in [3.63, 3.8) is 0 Å². The maximum Gasteiger partial charge on any atom is 0.175 e. The lowest BCUT2D eigenvalue weighted by molar-refractivity contribution is 0.208. The van der Waals surface area contributed by atoms with E-state index in [9.17, 15) is 0 Å². The van der Waals surface area contributed by atoms with Gasteiger partial charge < -0.3 is 15.0 Å². The number of aliphatic hydroxyl groups excluding tert-OH is 1. The van der Waals surface area contributed by atoms with Gasteiger partial charge in [-0.25, -0.2) is 4.98 Å². The van der Waals surface area contributed by atoms with Crippen LogP contribution in [0.3, 0.4) is 0 Å². The zero-order valence-electron chi connectivity index (χ0n) is 9.21. The molecule has 0 radical (unpaired) electrons. The van der Waals surface area contributed by atoms with E-state index in [2.05, 4.69) is 20.5 Å². The van der Waals surface area contributed by atoms with Gasteiger partial charge in [-0.1, -0.05) is 11.6 Å². The van der Waals surface area contributed by atoms with Gasteiger partial charge in [-0.15, -0.1) is 10.2 Å². The highest BCUT2D eigenvalue weighted by Gasteiger charge is 2.07. The molecule has 6 nitrogen and oxygen atoms in total. The van der Waals surface area contributed by atoms with Crippen molar-refractivity contribution in [3.8, 4) is 5.69 Å². The van der Waals surface area contributed by atoms with Crippen LogP contribution in [-0.4, -0.2) is 37.5 Å². The van der Waals surface area contributed by atoms with Crippen LogP contribution in [0.4, 0.5) is 5.82 Å². The summed E-state index contributed by atoms with van der Waals surface area (Å²) in [6.45, 7) is 2.09. The first-order chi connectivity index (χ1) is 8.16. The molecule has 1 atom stereocenters. The number of rotatable bonds is 4. The zero-order chi connectivity index (χ0) is 12.3. The molecular formula is C10H12ClN5O. The monoisotopic (exact) mass is 253 g/mol. The van der Waals surface area contributed by atoms with Gasteiger partial charge in [0.1, 0.15) is 0 Å². The number of aliphatic hydroxyl groups is 1. The first-order valence-corrected chi connectivity index (χ1v) is 5.48. The summed E-state index contributed by atoms with van der Waals surface area (Å²) in [5, 5.41) is 20.1. The topological polar surface area (TPSA) is 75.9 Å². The summed E-state index contributed by atoms with van der Waals surface area (Å²) in [4.78, 5) is 3.94. The third kappa shape index (κ3) is 2.92. The third-order valence-corrected chi connectivity index (χ3v) is 2.36. The second-order valence-corrected chi connectivity index (χ2v) is 3.96. The van der Waals surface area contributed by atoms with Crippen LogP contribution in [-0.2, 0) is 0 Å². The van der Waals surface area contributed by atoms with Crippen LogP contribution in [0.2, 0.25) is 5.15 Å². The Morgan fingerprint density at radius 3 is 3.00 bits per heavy atom. The van der Waals surface area contributed by atoms with Gasteiger partial charge in [0.15, 0.2) is 11.0 Å². The summed E-state index contributed by atoms with van der Waals surface area (Å²) in [6.07, 6.45) is 4.59. The molecule has 0 fully saturated rings. The molecule has 0 aliphatic heterocycles. The van der Waals surface area contributed by atoms with Crippen LogP contribution in [0.5, 0.6) is 0 Å². The Morgan fingerprint density at radius 2 is 2.35 bits per heavy atom. The molecule has 2 N–H and O–H groups in total. The largest absolute Gasteiger partial charge is 0.392 e. The van der Waals surface area contributed by atoms with E-state index in [4.69, 9.17) is 16.7 Å². The van der Waals surface area contributed by atoms with Gasteiger partial charge >= 0.3 is 0 Å². The molecule has 2 aromatic heterocycles. The van der Waals surface area contributed by atoms with E-state index in [0.717, 1.165) is 0 Å². The normalized spacial score (nSPS) is 12.4. The highest BCUT2D eigenvalue weighted by atomic mass is 35.5. The average molecular weight is 254 g/mol. The quantitative estimate of drug-likeness (QED) is 0.854. The Labute approximate surface area is 103 Å². The summed E-state index contributed by atoms with van der Waals surface area (Å²) in [5.74, 6) is 0.555. The van der Waals surface area contributed by atoms with Gasteiger partial charge in [0.2, 0.25) is 0 Å². The maximum atomic E-state index is 9.17. The first kappa shape index (κ1) is 11.8. The number of hydrogen-bond donors (Lipinski definition) is 2. The molecule has 2 heterocycles. The van der Waals surface area contributed by atoms with Crippen LogP contribution >= 0.6 is 11.6 Å². The second-order valence-electron chi connectivity index (χ2n) is 3.61. The van der Waals surface area contributed by atoms with Gasteiger partial charge in [0, 0.05) is 25.0 Å². The molecule has 0 aliphatic rings. The molecule has 7 heteroatoms. The third-order valence-electron chi connectivity index (χ3n) is 2.09. The van der Waals surface area contributed by atoms with Gasteiger partial charge in [-0.2, -0.15) is 0 Å². The van der Waals surface area contributed by atoms with Crippen molar-refractivity contribution in [1.29, 1.82) is 0 Å². The number of halogens is 1. The second kappa shape index (κ2) is 5.11. The van der Waals surface area contributed by atoms with Gasteiger partial charge in [-0.3, -0.25) is 0 Å². The minimum atomic E-state index is -0.454. The number of anilines is 1. The Balaban J connectivity index is 2.24. The number of nitrogens with zero attached hydrogens (tertiary/aromatic N) is 4. The van der Waals surface area contributed by atoms with Gasteiger partial charge in [0.05, 0.1) is 18.1 Å². The molecule has 0 aliphatic carbocycles. The van der Waals surface area contributed by atoms with E-state index >= 15 is 0 Å². The molecule has 0 bridgehead atoms. The van der Waals surface area contributed by atoms with E-state index in [1.165, 1.54) is 0 Å². The maximum absolute atomic E-state index is 9.17. The number of imidazole rings is 1. The van der Waals surface area contributed by atoms with Crippen LogP contribution < -0.4 is 5.32 Å². The molecule has 2 aromatic rings. The molecule has 90 valence electrons. The molecule has 17 heavy (non-hydrogen) atoms. The number of hydrogen-bond acceptors (Lipinski definition) is 5. The van der Waals surface area contributed by atoms with Crippen LogP contribution in [0.25, 0.3) is 5.69 Å². The van der Waals surface area contributed by atoms with E-state index in [1.54, 1.807) is 36.3 Å². The lowest BCUT2D eigenvalue weighted by Gasteiger charge is -2.09. The van der Waals surface area contributed by atoms with Crippen molar-refractivity contribution in [2.75, 3.05) is 11.9 Å². The molecule has 0 aromatic carbocycles. The molecule has 0 saturated carbocycles. The Bertz CT molecular complexity index is 485. The average Bonchev–Trinajstić information content (AvgIpc) is 2.81. The van der Waals surface area contributed by atoms with E-state index in [-0.39, 0.29) is 0 Å². The summed E-state index contributed by atoms with van der Waals surface area (Å²) in [7, 11) is 0. The van der Waals surface area contributed by atoms with Crippen molar-refractivity contribution in [3.05, 3.63) is 29.9 Å².